The third-order valence-electron chi connectivity index (χ3n) is 3.50. The quantitative estimate of drug-likeness (QED) is 0.637. The number of aromatic amines is 2. The highest BCUT2D eigenvalue weighted by Crippen LogP contribution is 2.15. The molecule has 1 heterocycles. The van der Waals surface area contributed by atoms with Crippen LogP contribution in [-0.4, -0.2) is 23.0 Å². The van der Waals surface area contributed by atoms with Crippen LogP contribution < -0.4 is 10.9 Å². The number of anilines is 1. The normalized spacial score (nSPS) is 10.7. The van der Waals surface area contributed by atoms with E-state index in [0.717, 1.165) is 5.56 Å². The van der Waals surface area contributed by atoms with Gasteiger partial charge in [-0.2, -0.15) is 0 Å². The summed E-state index contributed by atoms with van der Waals surface area (Å²) in [6.45, 7) is 0.471. The summed E-state index contributed by atoms with van der Waals surface area (Å²) in [5, 5.41) is 3.28. The Bertz CT molecular complexity index is 1020. The van der Waals surface area contributed by atoms with Crippen LogP contribution in [-0.2, 0) is 11.3 Å². The van der Waals surface area contributed by atoms with Gasteiger partial charge in [-0.15, -0.1) is 0 Å². The van der Waals surface area contributed by atoms with E-state index in [1.54, 1.807) is 31.4 Å². The Morgan fingerprint density at radius 1 is 1.21 bits per heavy atom. The van der Waals surface area contributed by atoms with Gasteiger partial charge in [-0.3, -0.25) is 14.6 Å². The molecule has 0 radical (unpaired) electrons. The zero-order valence-electron chi connectivity index (χ0n) is 12.9. The molecule has 122 valence electrons. The van der Waals surface area contributed by atoms with Gasteiger partial charge >= 0.3 is 0 Å². The topological polar surface area (TPSA) is 87.0 Å². The number of H-pyrrole nitrogens is 2. The summed E-state index contributed by atoms with van der Waals surface area (Å²) in [5.41, 5.74) is 2.30. The summed E-state index contributed by atoms with van der Waals surface area (Å²) in [6.07, 6.45) is 0. The summed E-state index contributed by atoms with van der Waals surface area (Å²) in [4.78, 5) is 29.6. The number of methoxy groups -OCH3 is 1. The summed E-state index contributed by atoms with van der Waals surface area (Å²) in [6, 6.07) is 12.2. The predicted molar refractivity (Wildman–Crippen MR) is 94.9 cm³/mol. The molecule has 0 spiro atoms. The number of amides is 1. The molecule has 0 saturated heterocycles. The number of rotatable bonds is 4. The second kappa shape index (κ2) is 6.77. The Balaban J connectivity index is 1.90. The standard InChI is InChI=1S/C17H15N3O3S/c1-23-9-10-3-2-4-12(7-10)18-15(21)11-5-6-13-14(8-11)19-17(24)20-16(13)22/h2-8H,9H2,1H3,(H,18,21)(H2,19,20,22,24). The summed E-state index contributed by atoms with van der Waals surface area (Å²) < 4.78 is 5.30. The van der Waals surface area contributed by atoms with Crippen LogP contribution in [0.15, 0.2) is 47.3 Å². The lowest BCUT2D eigenvalue weighted by molar-refractivity contribution is 0.102. The van der Waals surface area contributed by atoms with Gasteiger partial charge in [-0.25, -0.2) is 0 Å². The predicted octanol–water partition coefficient (Wildman–Crippen LogP) is 2.98. The number of carbonyl (C=O) groups excluding carboxylic acids is 1. The van der Waals surface area contributed by atoms with E-state index < -0.39 is 0 Å². The highest BCUT2D eigenvalue weighted by atomic mass is 32.1. The van der Waals surface area contributed by atoms with E-state index in [2.05, 4.69) is 15.3 Å². The van der Waals surface area contributed by atoms with Crippen LogP contribution in [0.4, 0.5) is 5.69 Å². The number of benzene rings is 2. The molecule has 3 N–H and O–H groups in total. The van der Waals surface area contributed by atoms with Gasteiger partial charge in [0.1, 0.15) is 0 Å². The van der Waals surface area contributed by atoms with Gasteiger partial charge in [0.2, 0.25) is 0 Å². The Morgan fingerprint density at radius 3 is 2.83 bits per heavy atom. The smallest absolute Gasteiger partial charge is 0.259 e. The molecule has 2 aromatic carbocycles. The molecule has 0 unspecified atom stereocenters. The van der Waals surface area contributed by atoms with E-state index in [9.17, 15) is 9.59 Å². The Kier molecular flexibility index (Phi) is 4.54. The van der Waals surface area contributed by atoms with Gasteiger partial charge in [-0.05, 0) is 48.1 Å². The number of aromatic nitrogens is 2. The SMILES string of the molecule is COCc1cccc(NC(=O)c2ccc3c(=O)[nH]c(=S)[nH]c3c2)c1. The number of hydrogen-bond acceptors (Lipinski definition) is 4. The van der Waals surface area contributed by atoms with E-state index in [1.165, 1.54) is 0 Å². The monoisotopic (exact) mass is 341 g/mol. The number of nitrogens with one attached hydrogen (secondary N) is 3. The third kappa shape index (κ3) is 3.42. The second-order valence-electron chi connectivity index (χ2n) is 5.26. The molecular formula is C17H15N3O3S. The first-order valence-electron chi connectivity index (χ1n) is 7.22. The minimum Gasteiger partial charge on any atom is -0.380 e. The fraction of sp³-hybridized carbons (Fsp3) is 0.118. The lowest BCUT2D eigenvalue weighted by atomic mass is 10.1. The molecule has 6 nitrogen and oxygen atoms in total. The molecule has 3 rings (SSSR count). The van der Waals surface area contributed by atoms with Crippen LogP contribution in [0, 0.1) is 4.77 Å². The van der Waals surface area contributed by atoms with Crippen LogP contribution in [0.3, 0.4) is 0 Å². The van der Waals surface area contributed by atoms with E-state index in [0.29, 0.717) is 28.8 Å². The van der Waals surface area contributed by atoms with Crippen molar-refractivity contribution in [2.45, 2.75) is 6.61 Å². The van der Waals surface area contributed by atoms with E-state index >= 15 is 0 Å². The summed E-state index contributed by atoms with van der Waals surface area (Å²) in [5.74, 6) is -0.272. The molecular weight excluding hydrogens is 326 g/mol. The summed E-state index contributed by atoms with van der Waals surface area (Å²) in [7, 11) is 1.62. The van der Waals surface area contributed by atoms with Gasteiger partial charge in [0.15, 0.2) is 4.77 Å². The third-order valence-corrected chi connectivity index (χ3v) is 3.70. The number of carbonyl (C=O) groups is 1. The second-order valence-corrected chi connectivity index (χ2v) is 5.66. The van der Waals surface area contributed by atoms with Crippen LogP contribution in [0.2, 0.25) is 0 Å². The van der Waals surface area contributed by atoms with Crippen molar-refractivity contribution in [3.05, 3.63) is 68.7 Å². The molecule has 0 fully saturated rings. The van der Waals surface area contributed by atoms with Crippen molar-refractivity contribution in [2.24, 2.45) is 0 Å². The van der Waals surface area contributed by atoms with Gasteiger partial charge in [0.05, 0.1) is 17.5 Å². The Hall–Kier alpha value is -2.77. The van der Waals surface area contributed by atoms with Crippen LogP contribution >= 0.6 is 12.2 Å². The van der Waals surface area contributed by atoms with E-state index in [-0.39, 0.29) is 16.2 Å². The average Bonchev–Trinajstić information content (AvgIpc) is 2.54. The van der Waals surface area contributed by atoms with E-state index in [4.69, 9.17) is 17.0 Å². The molecule has 1 amide bonds. The molecule has 3 aromatic rings. The molecule has 0 aliphatic rings. The molecule has 0 saturated carbocycles. The van der Waals surface area contributed by atoms with Gasteiger partial charge < -0.3 is 15.0 Å². The lowest BCUT2D eigenvalue weighted by Crippen LogP contribution is -2.13. The van der Waals surface area contributed by atoms with Crippen LogP contribution in [0.5, 0.6) is 0 Å². The molecule has 0 bridgehead atoms. The maximum atomic E-state index is 12.4. The zero-order valence-corrected chi connectivity index (χ0v) is 13.7. The molecule has 0 aliphatic heterocycles. The first-order valence-corrected chi connectivity index (χ1v) is 7.63. The molecule has 0 aliphatic carbocycles. The van der Waals surface area contributed by atoms with Crippen molar-refractivity contribution < 1.29 is 9.53 Å². The number of hydrogen-bond donors (Lipinski definition) is 3. The van der Waals surface area contributed by atoms with Crippen molar-refractivity contribution in [1.29, 1.82) is 0 Å². The maximum Gasteiger partial charge on any atom is 0.259 e. The van der Waals surface area contributed by atoms with Crippen molar-refractivity contribution in [3.8, 4) is 0 Å². The van der Waals surface area contributed by atoms with Crippen molar-refractivity contribution in [1.82, 2.24) is 9.97 Å². The lowest BCUT2D eigenvalue weighted by Gasteiger charge is -2.08. The number of ether oxygens (including phenoxy) is 1. The summed E-state index contributed by atoms with van der Waals surface area (Å²) >= 11 is 4.96. The van der Waals surface area contributed by atoms with Gasteiger partial charge in [0.25, 0.3) is 11.5 Å². The fourth-order valence-electron chi connectivity index (χ4n) is 2.42. The highest BCUT2D eigenvalue weighted by Gasteiger charge is 2.09. The fourth-order valence-corrected chi connectivity index (χ4v) is 2.62. The molecule has 1 aromatic heterocycles. The molecule has 24 heavy (non-hydrogen) atoms. The Morgan fingerprint density at radius 2 is 2.04 bits per heavy atom. The van der Waals surface area contributed by atoms with Gasteiger partial charge in [0, 0.05) is 18.4 Å². The minimum atomic E-state index is -0.284. The minimum absolute atomic E-state index is 0.220. The van der Waals surface area contributed by atoms with E-state index in [1.807, 2.05) is 18.2 Å². The molecule has 0 atom stereocenters. The van der Waals surface area contributed by atoms with Crippen molar-refractivity contribution in [2.75, 3.05) is 12.4 Å². The van der Waals surface area contributed by atoms with Crippen molar-refractivity contribution >= 4 is 34.7 Å². The first-order chi connectivity index (χ1) is 11.6. The molecule has 7 heteroatoms. The largest absolute Gasteiger partial charge is 0.380 e. The average molecular weight is 341 g/mol. The highest BCUT2D eigenvalue weighted by molar-refractivity contribution is 7.71. The maximum absolute atomic E-state index is 12.4. The Labute approximate surface area is 142 Å². The van der Waals surface area contributed by atoms with Crippen LogP contribution in [0.25, 0.3) is 10.9 Å². The zero-order chi connectivity index (χ0) is 17.1. The van der Waals surface area contributed by atoms with Crippen LogP contribution in [0.1, 0.15) is 15.9 Å². The first kappa shape index (κ1) is 16.1. The van der Waals surface area contributed by atoms with Crippen molar-refractivity contribution in [3.63, 3.8) is 0 Å². The number of fused-ring (bicyclic) bond motifs is 1. The van der Waals surface area contributed by atoms with Gasteiger partial charge in [-0.1, -0.05) is 12.1 Å².